The number of rotatable bonds is 3. The number of benzene rings is 2. The Balaban J connectivity index is 1.82. The van der Waals surface area contributed by atoms with Crippen LogP contribution in [0.3, 0.4) is 0 Å². The second kappa shape index (κ2) is 6.80. The Morgan fingerprint density at radius 3 is 2.90 bits per heavy atom. The molecule has 3 rings (SSSR count). The van der Waals surface area contributed by atoms with Gasteiger partial charge in [-0.05, 0) is 89.1 Å². The van der Waals surface area contributed by atoms with Crippen LogP contribution in [-0.4, -0.2) is 5.11 Å². The molecule has 0 spiro atoms. The minimum atomic E-state index is -0.398. The molecule has 0 bridgehead atoms. The van der Waals surface area contributed by atoms with E-state index in [1.807, 2.05) is 12.1 Å². The molecule has 2 unspecified atom stereocenters. The summed E-state index contributed by atoms with van der Waals surface area (Å²) in [5.74, 6) is 0.472. The molecule has 0 amide bonds. The van der Waals surface area contributed by atoms with E-state index in [0.717, 1.165) is 20.0 Å². The topological polar surface area (TPSA) is 20.2 Å². The number of aryl methyl sites for hydroxylation is 1. The highest BCUT2D eigenvalue weighted by Crippen LogP contribution is 2.38. The van der Waals surface area contributed by atoms with Crippen molar-refractivity contribution in [3.05, 3.63) is 67.2 Å². The van der Waals surface area contributed by atoms with Gasteiger partial charge in [0, 0.05) is 8.04 Å². The molecule has 3 heteroatoms. The Bertz CT molecular complexity index is 641. The van der Waals surface area contributed by atoms with Crippen LogP contribution >= 0.6 is 38.5 Å². The largest absolute Gasteiger partial charge is 0.388 e. The van der Waals surface area contributed by atoms with Crippen molar-refractivity contribution in [1.82, 2.24) is 0 Å². The molecule has 1 N–H and O–H groups in total. The van der Waals surface area contributed by atoms with Crippen molar-refractivity contribution in [2.45, 2.75) is 37.7 Å². The summed E-state index contributed by atoms with van der Waals surface area (Å²) < 4.78 is 2.16. The molecule has 1 aliphatic rings. The average Bonchev–Trinajstić information content (AvgIpc) is 2.50. The Morgan fingerprint density at radius 2 is 2.05 bits per heavy atom. The summed E-state index contributed by atoms with van der Waals surface area (Å²) in [7, 11) is 0. The first kappa shape index (κ1) is 15.5. The molecule has 0 aliphatic heterocycles. The van der Waals surface area contributed by atoms with Gasteiger partial charge in [0.25, 0.3) is 0 Å². The summed E-state index contributed by atoms with van der Waals surface area (Å²) in [5, 5.41) is 10.7. The van der Waals surface area contributed by atoms with Gasteiger partial charge in [-0.15, -0.1) is 0 Å². The zero-order chi connectivity index (χ0) is 14.8. The van der Waals surface area contributed by atoms with E-state index in [9.17, 15) is 5.11 Å². The van der Waals surface area contributed by atoms with E-state index in [-0.39, 0.29) is 0 Å². The lowest BCUT2D eigenvalue weighted by atomic mass is 9.79. The summed E-state index contributed by atoms with van der Waals surface area (Å²) in [5.41, 5.74) is 3.94. The average molecular weight is 457 g/mol. The van der Waals surface area contributed by atoms with Crippen LogP contribution < -0.4 is 0 Å². The van der Waals surface area contributed by atoms with Crippen molar-refractivity contribution >= 4 is 38.5 Å². The van der Waals surface area contributed by atoms with Crippen LogP contribution in [-0.2, 0) is 6.42 Å². The fourth-order valence-corrected chi connectivity index (χ4v) is 4.34. The standard InChI is InChI=1S/C18H18BrIO/c19-14-8-9-17(20)16(11-14)18(21)10-13-6-3-5-12-4-1-2-7-15(12)13/h1-2,4,7-9,11,13,18,21H,3,5-6,10H2. The molecule has 110 valence electrons. The number of halogens is 2. The highest BCUT2D eigenvalue weighted by Gasteiger charge is 2.24. The third-order valence-electron chi connectivity index (χ3n) is 4.32. The van der Waals surface area contributed by atoms with Crippen molar-refractivity contribution in [2.24, 2.45) is 0 Å². The van der Waals surface area contributed by atoms with E-state index in [1.54, 1.807) is 0 Å². The van der Waals surface area contributed by atoms with Crippen molar-refractivity contribution in [3.8, 4) is 0 Å². The summed E-state index contributed by atoms with van der Waals surface area (Å²) in [6.07, 6.45) is 3.99. The Kier molecular flexibility index (Phi) is 5.02. The van der Waals surface area contributed by atoms with Gasteiger partial charge in [0.2, 0.25) is 0 Å². The minimum absolute atomic E-state index is 0.398. The SMILES string of the molecule is OC(CC1CCCc2ccccc21)c1cc(Br)ccc1I. The third kappa shape index (κ3) is 3.51. The molecule has 2 aromatic carbocycles. The molecule has 0 saturated carbocycles. The van der Waals surface area contributed by atoms with Gasteiger partial charge in [0.05, 0.1) is 6.10 Å². The molecule has 2 aromatic rings. The Labute approximate surface area is 148 Å². The van der Waals surface area contributed by atoms with E-state index in [1.165, 1.54) is 30.4 Å². The van der Waals surface area contributed by atoms with Crippen LogP contribution in [0.2, 0.25) is 0 Å². The van der Waals surface area contributed by atoms with Gasteiger partial charge in [0.1, 0.15) is 0 Å². The van der Waals surface area contributed by atoms with Gasteiger partial charge in [-0.25, -0.2) is 0 Å². The zero-order valence-corrected chi connectivity index (χ0v) is 15.5. The first-order valence-corrected chi connectivity index (χ1v) is 9.23. The van der Waals surface area contributed by atoms with Crippen molar-refractivity contribution in [2.75, 3.05) is 0 Å². The lowest BCUT2D eigenvalue weighted by molar-refractivity contribution is 0.153. The molecule has 1 aliphatic carbocycles. The number of aliphatic hydroxyl groups excluding tert-OH is 1. The van der Waals surface area contributed by atoms with Gasteiger partial charge < -0.3 is 5.11 Å². The fourth-order valence-electron chi connectivity index (χ4n) is 3.27. The smallest absolute Gasteiger partial charge is 0.0806 e. The van der Waals surface area contributed by atoms with E-state index in [2.05, 4.69) is 68.9 Å². The van der Waals surface area contributed by atoms with Crippen LogP contribution in [0.5, 0.6) is 0 Å². The van der Waals surface area contributed by atoms with Crippen molar-refractivity contribution in [1.29, 1.82) is 0 Å². The van der Waals surface area contributed by atoms with E-state index < -0.39 is 6.10 Å². The monoisotopic (exact) mass is 456 g/mol. The Hall–Kier alpha value is -0.390. The number of aliphatic hydroxyl groups is 1. The predicted molar refractivity (Wildman–Crippen MR) is 98.6 cm³/mol. The van der Waals surface area contributed by atoms with Crippen LogP contribution in [0.4, 0.5) is 0 Å². The summed E-state index contributed by atoms with van der Waals surface area (Å²) >= 11 is 5.81. The molecule has 0 saturated heterocycles. The lowest BCUT2D eigenvalue weighted by Gasteiger charge is -2.27. The van der Waals surface area contributed by atoms with Crippen LogP contribution in [0.1, 0.15) is 48.0 Å². The summed E-state index contributed by atoms with van der Waals surface area (Å²) in [6.45, 7) is 0. The van der Waals surface area contributed by atoms with E-state index >= 15 is 0 Å². The normalized spacial score (nSPS) is 19.1. The van der Waals surface area contributed by atoms with Crippen LogP contribution in [0.25, 0.3) is 0 Å². The van der Waals surface area contributed by atoms with Gasteiger partial charge >= 0.3 is 0 Å². The molecule has 2 atom stereocenters. The molecule has 21 heavy (non-hydrogen) atoms. The first-order valence-electron chi connectivity index (χ1n) is 7.36. The number of fused-ring (bicyclic) bond motifs is 1. The minimum Gasteiger partial charge on any atom is -0.388 e. The molecule has 0 radical (unpaired) electrons. The Morgan fingerprint density at radius 1 is 1.24 bits per heavy atom. The predicted octanol–water partition coefficient (Wildman–Crippen LogP) is 5.60. The van der Waals surface area contributed by atoms with Crippen LogP contribution in [0, 0.1) is 3.57 Å². The van der Waals surface area contributed by atoms with Gasteiger partial charge in [-0.1, -0.05) is 40.2 Å². The maximum atomic E-state index is 10.7. The van der Waals surface area contributed by atoms with E-state index in [4.69, 9.17) is 0 Å². The quantitative estimate of drug-likeness (QED) is 0.596. The number of hydrogen-bond donors (Lipinski definition) is 1. The third-order valence-corrected chi connectivity index (χ3v) is 5.79. The van der Waals surface area contributed by atoms with E-state index in [0.29, 0.717) is 5.92 Å². The fraction of sp³-hybridized carbons (Fsp3) is 0.333. The molecular weight excluding hydrogens is 439 g/mol. The second-order valence-corrected chi connectivity index (χ2v) is 7.78. The molecule has 1 nitrogen and oxygen atoms in total. The summed E-state index contributed by atoms with van der Waals surface area (Å²) in [6, 6.07) is 14.8. The van der Waals surface area contributed by atoms with Crippen molar-refractivity contribution in [3.63, 3.8) is 0 Å². The maximum absolute atomic E-state index is 10.7. The molecule has 0 heterocycles. The van der Waals surface area contributed by atoms with Gasteiger partial charge in [0.15, 0.2) is 0 Å². The first-order chi connectivity index (χ1) is 10.1. The van der Waals surface area contributed by atoms with Crippen LogP contribution in [0.15, 0.2) is 46.9 Å². The zero-order valence-electron chi connectivity index (χ0n) is 11.7. The van der Waals surface area contributed by atoms with Gasteiger partial charge in [-0.3, -0.25) is 0 Å². The van der Waals surface area contributed by atoms with Gasteiger partial charge in [-0.2, -0.15) is 0 Å². The molecule has 0 aromatic heterocycles. The molecule has 0 fully saturated rings. The maximum Gasteiger partial charge on any atom is 0.0806 e. The second-order valence-electron chi connectivity index (χ2n) is 5.71. The molecular formula is C18H18BrIO. The highest BCUT2D eigenvalue weighted by atomic mass is 127. The summed E-state index contributed by atoms with van der Waals surface area (Å²) in [4.78, 5) is 0. The number of hydrogen-bond acceptors (Lipinski definition) is 1. The van der Waals surface area contributed by atoms with Crippen molar-refractivity contribution < 1.29 is 5.11 Å². The lowest BCUT2D eigenvalue weighted by Crippen LogP contribution is -2.13. The highest BCUT2D eigenvalue weighted by molar-refractivity contribution is 14.1.